The van der Waals surface area contributed by atoms with Crippen molar-refractivity contribution in [1.29, 1.82) is 0 Å². The van der Waals surface area contributed by atoms with Gasteiger partial charge in [0.15, 0.2) is 5.82 Å². The summed E-state index contributed by atoms with van der Waals surface area (Å²) >= 11 is 1.74. The van der Waals surface area contributed by atoms with Gasteiger partial charge in [-0.15, -0.1) is 11.3 Å². The summed E-state index contributed by atoms with van der Waals surface area (Å²) in [5.74, 6) is 8.76. The van der Waals surface area contributed by atoms with Gasteiger partial charge in [-0.05, 0) is 38.2 Å². The van der Waals surface area contributed by atoms with Crippen molar-refractivity contribution in [2.75, 3.05) is 5.43 Å². The highest BCUT2D eigenvalue weighted by Crippen LogP contribution is 2.38. The number of fused-ring (bicyclic) bond motifs is 1. The highest BCUT2D eigenvalue weighted by molar-refractivity contribution is 7.18. The van der Waals surface area contributed by atoms with Crippen LogP contribution in [0.5, 0.6) is 0 Å². The number of thiophene rings is 1. The first-order valence-electron chi connectivity index (χ1n) is 7.34. The average molecular weight is 290 g/mol. The van der Waals surface area contributed by atoms with Gasteiger partial charge >= 0.3 is 0 Å². The Bertz CT molecular complexity index is 626. The number of aryl methyl sites for hydroxylation is 2. The molecule has 5 heteroatoms. The second-order valence-electron chi connectivity index (χ2n) is 5.99. The van der Waals surface area contributed by atoms with E-state index in [-0.39, 0.29) is 0 Å². The number of hydrogen-bond donors (Lipinski definition) is 2. The van der Waals surface area contributed by atoms with E-state index in [2.05, 4.69) is 26.2 Å². The maximum absolute atomic E-state index is 5.68. The number of nitrogen functional groups attached to an aromatic ring is 1. The van der Waals surface area contributed by atoms with Gasteiger partial charge in [0.2, 0.25) is 0 Å². The molecule has 20 heavy (non-hydrogen) atoms. The summed E-state index contributed by atoms with van der Waals surface area (Å²) in [6, 6.07) is 0. The van der Waals surface area contributed by atoms with Crippen LogP contribution in [0.1, 0.15) is 54.8 Å². The fraction of sp³-hybridized carbons (Fsp3) is 0.600. The van der Waals surface area contributed by atoms with Crippen molar-refractivity contribution in [3.8, 4) is 0 Å². The van der Waals surface area contributed by atoms with Crippen LogP contribution in [0.25, 0.3) is 10.2 Å². The van der Waals surface area contributed by atoms with Crippen LogP contribution in [-0.2, 0) is 0 Å². The molecule has 0 radical (unpaired) electrons. The topological polar surface area (TPSA) is 63.8 Å². The molecule has 0 atom stereocenters. The Morgan fingerprint density at radius 3 is 2.50 bits per heavy atom. The first-order valence-corrected chi connectivity index (χ1v) is 8.16. The third-order valence-corrected chi connectivity index (χ3v) is 5.66. The monoisotopic (exact) mass is 290 g/mol. The zero-order valence-corrected chi connectivity index (χ0v) is 13.2. The molecule has 0 aromatic carbocycles. The maximum atomic E-state index is 5.68. The van der Waals surface area contributed by atoms with E-state index in [0.29, 0.717) is 5.92 Å². The van der Waals surface area contributed by atoms with Crippen LogP contribution in [0.2, 0.25) is 0 Å². The predicted molar refractivity (Wildman–Crippen MR) is 85.1 cm³/mol. The largest absolute Gasteiger partial charge is 0.308 e. The van der Waals surface area contributed by atoms with Crippen molar-refractivity contribution < 1.29 is 0 Å². The Hall–Kier alpha value is -1.20. The number of hydrazine groups is 1. The van der Waals surface area contributed by atoms with Crippen LogP contribution in [0.4, 0.5) is 5.82 Å². The number of hydrogen-bond acceptors (Lipinski definition) is 5. The molecule has 1 aliphatic rings. The number of aromatic nitrogens is 2. The van der Waals surface area contributed by atoms with E-state index in [0.717, 1.165) is 27.8 Å². The lowest BCUT2D eigenvalue weighted by Crippen LogP contribution is -2.16. The molecule has 0 aliphatic heterocycles. The van der Waals surface area contributed by atoms with Gasteiger partial charge < -0.3 is 5.43 Å². The van der Waals surface area contributed by atoms with Gasteiger partial charge in [-0.25, -0.2) is 15.8 Å². The Morgan fingerprint density at radius 2 is 1.85 bits per heavy atom. The van der Waals surface area contributed by atoms with Gasteiger partial charge in [0, 0.05) is 10.8 Å². The first kappa shape index (κ1) is 13.8. The Kier molecular flexibility index (Phi) is 3.65. The third-order valence-electron chi connectivity index (χ3n) is 4.56. The summed E-state index contributed by atoms with van der Waals surface area (Å²) in [5.41, 5.74) is 4.01. The quantitative estimate of drug-likeness (QED) is 0.650. The van der Waals surface area contributed by atoms with Crippen LogP contribution in [-0.4, -0.2) is 9.97 Å². The van der Waals surface area contributed by atoms with E-state index in [1.165, 1.54) is 36.1 Å². The molecule has 1 fully saturated rings. The number of nitrogens with two attached hydrogens (primary N) is 1. The molecule has 2 aromatic rings. The molecular weight excluding hydrogens is 268 g/mol. The maximum Gasteiger partial charge on any atom is 0.152 e. The minimum atomic E-state index is 0.491. The lowest BCUT2D eigenvalue weighted by Gasteiger charge is -2.25. The molecule has 3 rings (SSSR count). The molecule has 1 aliphatic carbocycles. The zero-order chi connectivity index (χ0) is 14.3. The molecule has 1 saturated carbocycles. The molecule has 0 unspecified atom stereocenters. The minimum Gasteiger partial charge on any atom is -0.308 e. The minimum absolute atomic E-state index is 0.491. The first-order chi connectivity index (χ1) is 9.60. The Morgan fingerprint density at radius 1 is 1.15 bits per heavy atom. The van der Waals surface area contributed by atoms with Crippen molar-refractivity contribution in [3.05, 3.63) is 16.3 Å². The highest BCUT2D eigenvalue weighted by Gasteiger charge is 2.24. The lowest BCUT2D eigenvalue weighted by molar-refractivity contribution is 0.340. The normalized spacial score (nSPS) is 23.2. The lowest BCUT2D eigenvalue weighted by atomic mass is 9.82. The molecule has 2 aromatic heterocycles. The number of nitrogens with zero attached hydrogens (tertiary/aromatic N) is 2. The molecule has 2 heterocycles. The fourth-order valence-corrected chi connectivity index (χ4v) is 4.11. The van der Waals surface area contributed by atoms with Crippen molar-refractivity contribution >= 4 is 27.4 Å². The van der Waals surface area contributed by atoms with Gasteiger partial charge in [-0.1, -0.05) is 19.8 Å². The standard InChI is InChI=1S/C15H22N4S/c1-8-4-6-11(7-5-8)13-17-14(19-16)12-9(2)10(3)20-15(12)18-13/h8,11H,4-7,16H2,1-3H3,(H,17,18,19). The van der Waals surface area contributed by atoms with Crippen molar-refractivity contribution in [2.45, 2.75) is 52.4 Å². The van der Waals surface area contributed by atoms with Gasteiger partial charge in [0.05, 0.1) is 5.39 Å². The van der Waals surface area contributed by atoms with E-state index in [9.17, 15) is 0 Å². The number of rotatable bonds is 2. The summed E-state index contributed by atoms with van der Waals surface area (Å²) in [5, 5.41) is 1.09. The molecule has 0 amide bonds. The SMILES string of the molecule is Cc1sc2nc(C3CCC(C)CC3)nc(NN)c2c1C. The van der Waals surface area contributed by atoms with Crippen LogP contribution in [0.15, 0.2) is 0 Å². The van der Waals surface area contributed by atoms with E-state index in [4.69, 9.17) is 15.8 Å². The van der Waals surface area contributed by atoms with Crippen molar-refractivity contribution in [3.63, 3.8) is 0 Å². The van der Waals surface area contributed by atoms with Gasteiger partial charge in [0.1, 0.15) is 10.7 Å². The molecule has 108 valence electrons. The van der Waals surface area contributed by atoms with Gasteiger partial charge in [0.25, 0.3) is 0 Å². The molecule has 0 saturated heterocycles. The zero-order valence-electron chi connectivity index (χ0n) is 12.4. The van der Waals surface area contributed by atoms with Crippen LogP contribution < -0.4 is 11.3 Å². The second-order valence-corrected chi connectivity index (χ2v) is 7.20. The summed E-state index contributed by atoms with van der Waals surface area (Å²) in [6.45, 7) is 6.57. The highest BCUT2D eigenvalue weighted by atomic mass is 32.1. The summed E-state index contributed by atoms with van der Waals surface area (Å²) < 4.78 is 0. The summed E-state index contributed by atoms with van der Waals surface area (Å²) in [6.07, 6.45) is 4.94. The third kappa shape index (κ3) is 2.29. The van der Waals surface area contributed by atoms with Crippen LogP contribution in [0.3, 0.4) is 0 Å². The summed E-state index contributed by atoms with van der Waals surface area (Å²) in [4.78, 5) is 11.9. The van der Waals surface area contributed by atoms with Gasteiger partial charge in [-0.2, -0.15) is 0 Å². The van der Waals surface area contributed by atoms with E-state index >= 15 is 0 Å². The molecule has 0 bridgehead atoms. The van der Waals surface area contributed by atoms with E-state index in [1.54, 1.807) is 11.3 Å². The van der Waals surface area contributed by atoms with Gasteiger partial charge in [-0.3, -0.25) is 0 Å². The molecule has 4 nitrogen and oxygen atoms in total. The summed E-state index contributed by atoms with van der Waals surface area (Å²) in [7, 11) is 0. The van der Waals surface area contributed by atoms with Crippen LogP contribution >= 0.6 is 11.3 Å². The van der Waals surface area contributed by atoms with E-state index in [1.807, 2.05) is 0 Å². The Balaban J connectivity index is 2.04. The number of nitrogens with one attached hydrogen (secondary N) is 1. The molecular formula is C15H22N4S. The second kappa shape index (κ2) is 5.30. The number of anilines is 1. The van der Waals surface area contributed by atoms with Crippen LogP contribution in [0, 0.1) is 19.8 Å². The fourth-order valence-electron chi connectivity index (χ4n) is 3.07. The predicted octanol–water partition coefficient (Wildman–Crippen LogP) is 3.89. The molecule has 3 N–H and O–H groups in total. The smallest absolute Gasteiger partial charge is 0.152 e. The average Bonchev–Trinajstić information content (AvgIpc) is 2.74. The van der Waals surface area contributed by atoms with Crippen molar-refractivity contribution in [1.82, 2.24) is 9.97 Å². The molecule has 0 spiro atoms. The van der Waals surface area contributed by atoms with E-state index < -0.39 is 0 Å². The Labute approximate surface area is 123 Å². The van der Waals surface area contributed by atoms with Crippen molar-refractivity contribution in [2.24, 2.45) is 11.8 Å².